The molecular formula is C10H8F2O2. The zero-order valence-corrected chi connectivity index (χ0v) is 7.51. The summed E-state index contributed by atoms with van der Waals surface area (Å²) in [4.78, 5) is 11.2. The number of ketones is 1. The lowest BCUT2D eigenvalue weighted by Gasteiger charge is -2.07. The summed E-state index contributed by atoms with van der Waals surface area (Å²) < 4.78 is 30.8. The Morgan fingerprint density at radius 2 is 2.00 bits per heavy atom. The van der Waals surface area contributed by atoms with Crippen LogP contribution in [-0.2, 0) is 0 Å². The summed E-state index contributed by atoms with van der Waals surface area (Å²) in [6, 6.07) is 1.77. The number of allylic oxidation sites excluding steroid dienone is 1. The van der Waals surface area contributed by atoms with Gasteiger partial charge in [0.25, 0.3) is 0 Å². The molecule has 0 aliphatic heterocycles. The molecule has 14 heavy (non-hydrogen) atoms. The number of ether oxygens (including phenoxy) is 1. The van der Waals surface area contributed by atoms with E-state index in [4.69, 9.17) is 0 Å². The van der Waals surface area contributed by atoms with Crippen LogP contribution in [0.1, 0.15) is 10.4 Å². The van der Waals surface area contributed by atoms with E-state index in [0.717, 1.165) is 25.3 Å². The van der Waals surface area contributed by atoms with Gasteiger partial charge in [-0.3, -0.25) is 4.79 Å². The summed E-state index contributed by atoms with van der Waals surface area (Å²) in [5.41, 5.74) is -0.428. The summed E-state index contributed by atoms with van der Waals surface area (Å²) in [6.45, 7) is 3.19. The Labute approximate surface area is 79.8 Å². The smallest absolute Gasteiger partial charge is 0.192 e. The number of rotatable bonds is 3. The Balaban J connectivity index is 3.44. The lowest BCUT2D eigenvalue weighted by Crippen LogP contribution is -2.04. The Bertz CT molecular complexity index is 386. The molecule has 1 aromatic carbocycles. The SMILES string of the molecule is C=CC(=O)c1c(F)ccc(F)c1OC. The molecule has 74 valence electrons. The van der Waals surface area contributed by atoms with Crippen molar-refractivity contribution >= 4 is 5.78 Å². The van der Waals surface area contributed by atoms with E-state index in [-0.39, 0.29) is 0 Å². The van der Waals surface area contributed by atoms with Gasteiger partial charge in [-0.2, -0.15) is 0 Å². The molecule has 0 radical (unpaired) electrons. The standard InChI is InChI=1S/C10H8F2O2/c1-3-8(13)9-6(11)4-5-7(12)10(9)14-2/h3-5H,1H2,2H3. The van der Waals surface area contributed by atoms with Gasteiger partial charge in [-0.1, -0.05) is 6.58 Å². The van der Waals surface area contributed by atoms with Crippen molar-refractivity contribution in [3.05, 3.63) is 42.0 Å². The van der Waals surface area contributed by atoms with E-state index in [1.54, 1.807) is 0 Å². The van der Waals surface area contributed by atoms with Crippen LogP contribution in [0.5, 0.6) is 5.75 Å². The van der Waals surface area contributed by atoms with Gasteiger partial charge in [-0.25, -0.2) is 8.78 Å². The van der Waals surface area contributed by atoms with Gasteiger partial charge >= 0.3 is 0 Å². The Hall–Kier alpha value is -1.71. The number of methoxy groups -OCH3 is 1. The van der Waals surface area contributed by atoms with Crippen molar-refractivity contribution in [3.63, 3.8) is 0 Å². The summed E-state index contributed by atoms with van der Waals surface area (Å²) in [5.74, 6) is -2.71. The zero-order valence-electron chi connectivity index (χ0n) is 7.51. The van der Waals surface area contributed by atoms with Crippen molar-refractivity contribution < 1.29 is 18.3 Å². The summed E-state index contributed by atoms with van der Waals surface area (Å²) in [5, 5.41) is 0. The van der Waals surface area contributed by atoms with Gasteiger partial charge in [0.15, 0.2) is 17.3 Å². The number of halogens is 2. The molecule has 1 aromatic rings. The van der Waals surface area contributed by atoms with Crippen LogP contribution in [0.25, 0.3) is 0 Å². The van der Waals surface area contributed by atoms with Crippen LogP contribution in [0.15, 0.2) is 24.8 Å². The number of hydrogen-bond donors (Lipinski definition) is 0. The van der Waals surface area contributed by atoms with Crippen LogP contribution in [0.4, 0.5) is 8.78 Å². The van der Waals surface area contributed by atoms with Gasteiger partial charge in [0.1, 0.15) is 11.4 Å². The van der Waals surface area contributed by atoms with E-state index in [9.17, 15) is 13.6 Å². The molecule has 0 atom stereocenters. The van der Waals surface area contributed by atoms with Gasteiger partial charge in [0, 0.05) is 0 Å². The van der Waals surface area contributed by atoms with E-state index in [1.807, 2.05) is 0 Å². The fourth-order valence-electron chi connectivity index (χ4n) is 1.06. The first-order valence-corrected chi connectivity index (χ1v) is 3.80. The van der Waals surface area contributed by atoms with Crippen molar-refractivity contribution in [2.24, 2.45) is 0 Å². The van der Waals surface area contributed by atoms with Crippen LogP contribution in [-0.4, -0.2) is 12.9 Å². The van der Waals surface area contributed by atoms with Crippen molar-refractivity contribution in [2.45, 2.75) is 0 Å². The molecule has 0 saturated heterocycles. The number of hydrogen-bond acceptors (Lipinski definition) is 2. The molecule has 0 unspecified atom stereocenters. The third kappa shape index (κ3) is 1.64. The Kier molecular flexibility index (Phi) is 2.96. The topological polar surface area (TPSA) is 26.3 Å². The van der Waals surface area contributed by atoms with E-state index in [0.29, 0.717) is 0 Å². The van der Waals surface area contributed by atoms with Gasteiger partial charge in [-0.05, 0) is 18.2 Å². The van der Waals surface area contributed by atoms with Gasteiger partial charge in [-0.15, -0.1) is 0 Å². The van der Waals surface area contributed by atoms with E-state index in [2.05, 4.69) is 11.3 Å². The van der Waals surface area contributed by atoms with Crippen molar-refractivity contribution in [1.29, 1.82) is 0 Å². The highest BCUT2D eigenvalue weighted by atomic mass is 19.1. The first-order chi connectivity index (χ1) is 6.61. The van der Waals surface area contributed by atoms with Crippen LogP contribution in [0.3, 0.4) is 0 Å². The second-order valence-electron chi connectivity index (χ2n) is 2.51. The maximum Gasteiger partial charge on any atom is 0.192 e. The minimum Gasteiger partial charge on any atom is -0.493 e. The molecule has 0 aliphatic rings. The number of benzene rings is 1. The molecule has 0 N–H and O–H groups in total. The number of carbonyl (C=O) groups excluding carboxylic acids is 1. The highest BCUT2D eigenvalue weighted by Gasteiger charge is 2.18. The molecule has 0 saturated carbocycles. The average molecular weight is 198 g/mol. The first-order valence-electron chi connectivity index (χ1n) is 3.80. The molecule has 0 spiro atoms. The quantitative estimate of drug-likeness (QED) is 0.550. The summed E-state index contributed by atoms with van der Waals surface area (Å²) >= 11 is 0. The van der Waals surface area contributed by atoms with Crippen molar-refractivity contribution in [3.8, 4) is 5.75 Å². The predicted molar refractivity (Wildman–Crippen MR) is 47.4 cm³/mol. The first kappa shape index (κ1) is 10.4. The van der Waals surface area contributed by atoms with Crippen molar-refractivity contribution in [2.75, 3.05) is 7.11 Å². The molecule has 4 heteroatoms. The molecule has 0 aliphatic carbocycles. The highest BCUT2D eigenvalue weighted by molar-refractivity contribution is 6.06. The highest BCUT2D eigenvalue weighted by Crippen LogP contribution is 2.25. The largest absolute Gasteiger partial charge is 0.493 e. The fourth-order valence-corrected chi connectivity index (χ4v) is 1.06. The van der Waals surface area contributed by atoms with Crippen LogP contribution in [0.2, 0.25) is 0 Å². The molecule has 0 heterocycles. The second-order valence-corrected chi connectivity index (χ2v) is 2.51. The fraction of sp³-hybridized carbons (Fsp3) is 0.100. The lowest BCUT2D eigenvalue weighted by molar-refractivity contribution is 0.103. The maximum atomic E-state index is 13.1. The predicted octanol–water partition coefficient (Wildman–Crippen LogP) is 2.34. The zero-order chi connectivity index (χ0) is 10.7. The third-order valence-corrected chi connectivity index (χ3v) is 1.69. The van der Waals surface area contributed by atoms with E-state index in [1.165, 1.54) is 0 Å². The maximum absolute atomic E-state index is 13.1. The number of carbonyl (C=O) groups is 1. The average Bonchev–Trinajstić information content (AvgIpc) is 2.19. The molecule has 2 nitrogen and oxygen atoms in total. The molecule has 0 bridgehead atoms. The Morgan fingerprint density at radius 1 is 1.43 bits per heavy atom. The monoisotopic (exact) mass is 198 g/mol. The molecule has 0 fully saturated rings. The molecule has 0 amide bonds. The van der Waals surface area contributed by atoms with Crippen molar-refractivity contribution in [1.82, 2.24) is 0 Å². The Morgan fingerprint density at radius 3 is 2.50 bits per heavy atom. The summed E-state index contributed by atoms with van der Waals surface area (Å²) in [7, 11) is 1.16. The van der Waals surface area contributed by atoms with Gasteiger partial charge in [0.2, 0.25) is 0 Å². The van der Waals surface area contributed by atoms with Crippen LogP contribution < -0.4 is 4.74 Å². The van der Waals surface area contributed by atoms with Gasteiger partial charge in [0.05, 0.1) is 7.11 Å². The molecule has 0 aromatic heterocycles. The van der Waals surface area contributed by atoms with Crippen LogP contribution >= 0.6 is 0 Å². The third-order valence-electron chi connectivity index (χ3n) is 1.69. The summed E-state index contributed by atoms with van der Waals surface area (Å²) in [6.07, 6.45) is 0.903. The van der Waals surface area contributed by atoms with Crippen LogP contribution in [0, 0.1) is 11.6 Å². The molecular weight excluding hydrogens is 190 g/mol. The van der Waals surface area contributed by atoms with Gasteiger partial charge < -0.3 is 4.74 Å². The lowest BCUT2D eigenvalue weighted by atomic mass is 10.1. The molecule has 1 rings (SSSR count). The minimum absolute atomic E-state index is 0.394. The second kappa shape index (κ2) is 4.00. The normalized spacial score (nSPS) is 9.64. The van der Waals surface area contributed by atoms with E-state index >= 15 is 0 Å². The minimum atomic E-state index is -0.826. The van der Waals surface area contributed by atoms with E-state index < -0.39 is 28.7 Å².